The summed E-state index contributed by atoms with van der Waals surface area (Å²) in [5.41, 5.74) is -4.37. The number of nitrogens with one attached hydrogen (secondary N) is 3. The number of thiazole rings is 1. The van der Waals surface area contributed by atoms with E-state index in [9.17, 15) is 32.3 Å². The molecule has 0 saturated carbocycles. The Morgan fingerprint density at radius 1 is 1.18 bits per heavy atom. The van der Waals surface area contributed by atoms with Gasteiger partial charge >= 0.3 is 18.2 Å². The van der Waals surface area contributed by atoms with Crippen LogP contribution in [0.2, 0.25) is 0 Å². The van der Waals surface area contributed by atoms with E-state index in [1.54, 1.807) is 33.1 Å². The molecule has 3 rings (SSSR count). The second-order valence-corrected chi connectivity index (χ2v) is 9.90. The van der Waals surface area contributed by atoms with Gasteiger partial charge in [-0.25, -0.2) is 9.78 Å². The summed E-state index contributed by atoms with van der Waals surface area (Å²) in [6.07, 6.45) is -5.65. The summed E-state index contributed by atoms with van der Waals surface area (Å²) in [5.74, 6) is -1.92. The van der Waals surface area contributed by atoms with Gasteiger partial charge in [0.05, 0.1) is 16.8 Å². The minimum Gasteiger partial charge on any atom is -0.455 e. The minimum atomic E-state index is -4.82. The molecule has 14 heteroatoms. The average molecular weight is 555 g/mol. The SMILES string of the molecule is CCC(OC(=O)CNC(=O)OC(C)(C)C)c1[nH]c2c(C(F)(F)F)cccc2c(=O)c1C(=O)Nc1nccs1. The van der Waals surface area contributed by atoms with Gasteiger partial charge in [-0.2, -0.15) is 13.2 Å². The van der Waals surface area contributed by atoms with E-state index in [1.165, 1.54) is 6.20 Å². The first-order valence-corrected chi connectivity index (χ1v) is 12.2. The molecule has 0 fully saturated rings. The maximum atomic E-state index is 13.7. The molecule has 2 aromatic heterocycles. The third kappa shape index (κ3) is 6.88. The number of para-hydroxylation sites is 1. The molecule has 3 aromatic rings. The van der Waals surface area contributed by atoms with E-state index >= 15 is 0 Å². The summed E-state index contributed by atoms with van der Waals surface area (Å²) < 4.78 is 51.6. The average Bonchev–Trinajstić information content (AvgIpc) is 3.32. The van der Waals surface area contributed by atoms with Gasteiger partial charge in [0, 0.05) is 17.0 Å². The van der Waals surface area contributed by atoms with Crippen molar-refractivity contribution in [2.45, 2.75) is 52.0 Å². The number of aromatic amines is 1. The summed E-state index contributed by atoms with van der Waals surface area (Å²) in [6, 6.07) is 3.00. The molecule has 2 amide bonds. The largest absolute Gasteiger partial charge is 0.455 e. The van der Waals surface area contributed by atoms with Crippen LogP contribution in [0.4, 0.5) is 23.1 Å². The molecule has 38 heavy (non-hydrogen) atoms. The molecule has 0 spiro atoms. The number of hydrogen-bond donors (Lipinski definition) is 3. The lowest BCUT2D eigenvalue weighted by atomic mass is 10.0. The zero-order valence-electron chi connectivity index (χ0n) is 20.8. The number of fused-ring (bicyclic) bond motifs is 1. The van der Waals surface area contributed by atoms with Crippen LogP contribution in [0.3, 0.4) is 0 Å². The molecule has 3 N–H and O–H groups in total. The van der Waals surface area contributed by atoms with Crippen LogP contribution in [0, 0.1) is 0 Å². The van der Waals surface area contributed by atoms with Crippen LogP contribution in [0.25, 0.3) is 10.9 Å². The Hall–Kier alpha value is -3.94. The molecule has 0 saturated heterocycles. The van der Waals surface area contributed by atoms with E-state index < -0.39 is 64.5 Å². The molecule has 0 aliphatic rings. The van der Waals surface area contributed by atoms with Gasteiger partial charge in [0.15, 0.2) is 5.13 Å². The molecule has 0 radical (unpaired) electrons. The number of H-pyrrole nitrogens is 1. The van der Waals surface area contributed by atoms with Gasteiger partial charge in [-0.05, 0) is 39.3 Å². The van der Waals surface area contributed by atoms with Gasteiger partial charge in [0.1, 0.15) is 23.8 Å². The predicted molar refractivity (Wildman–Crippen MR) is 133 cm³/mol. The normalized spacial score (nSPS) is 12.6. The number of aromatic nitrogens is 2. The highest BCUT2D eigenvalue weighted by molar-refractivity contribution is 7.13. The molecular weight excluding hydrogens is 529 g/mol. The monoisotopic (exact) mass is 554 g/mol. The van der Waals surface area contributed by atoms with E-state index in [4.69, 9.17) is 9.47 Å². The predicted octanol–water partition coefficient (Wildman–Crippen LogP) is 4.77. The number of pyridine rings is 1. The van der Waals surface area contributed by atoms with Crippen molar-refractivity contribution in [2.24, 2.45) is 0 Å². The van der Waals surface area contributed by atoms with Crippen molar-refractivity contribution in [1.29, 1.82) is 0 Å². The lowest BCUT2D eigenvalue weighted by Gasteiger charge is -2.22. The highest BCUT2D eigenvalue weighted by atomic mass is 32.1. The van der Waals surface area contributed by atoms with E-state index in [0.29, 0.717) is 0 Å². The number of anilines is 1. The van der Waals surface area contributed by atoms with Gasteiger partial charge < -0.3 is 19.8 Å². The number of nitrogens with zero attached hydrogens (tertiary/aromatic N) is 1. The van der Waals surface area contributed by atoms with E-state index in [0.717, 1.165) is 29.5 Å². The van der Waals surface area contributed by atoms with Crippen molar-refractivity contribution in [3.05, 3.63) is 56.8 Å². The smallest absolute Gasteiger partial charge is 0.418 e. The second-order valence-electron chi connectivity index (χ2n) is 9.00. The van der Waals surface area contributed by atoms with E-state index in [1.807, 2.05) is 0 Å². The zero-order valence-corrected chi connectivity index (χ0v) is 21.6. The van der Waals surface area contributed by atoms with Crippen LogP contribution >= 0.6 is 11.3 Å². The van der Waals surface area contributed by atoms with Gasteiger partial charge in [-0.15, -0.1) is 11.3 Å². The van der Waals surface area contributed by atoms with Crippen LogP contribution in [-0.4, -0.2) is 40.1 Å². The number of esters is 1. The van der Waals surface area contributed by atoms with Crippen LogP contribution in [0.15, 0.2) is 34.6 Å². The third-order valence-electron chi connectivity index (χ3n) is 4.99. The number of amides is 2. The Kier molecular flexibility index (Phi) is 8.44. The minimum absolute atomic E-state index is 0.0225. The summed E-state index contributed by atoms with van der Waals surface area (Å²) in [5, 5.41) is 6.00. The molecule has 2 heterocycles. The Balaban J connectivity index is 2.04. The van der Waals surface area contributed by atoms with Crippen LogP contribution in [0.1, 0.15) is 61.8 Å². The van der Waals surface area contributed by atoms with Crippen LogP contribution in [0.5, 0.6) is 0 Å². The fraction of sp³-hybridized carbons (Fsp3) is 0.375. The lowest BCUT2D eigenvalue weighted by Crippen LogP contribution is -2.36. The molecule has 1 unspecified atom stereocenters. The number of benzene rings is 1. The first kappa shape index (κ1) is 28.6. The Bertz CT molecular complexity index is 1400. The molecule has 204 valence electrons. The number of alkyl carbamates (subject to hydrolysis) is 1. The maximum absolute atomic E-state index is 13.7. The van der Waals surface area contributed by atoms with Gasteiger partial charge in [-0.3, -0.25) is 19.7 Å². The molecule has 1 atom stereocenters. The highest BCUT2D eigenvalue weighted by Crippen LogP contribution is 2.34. The number of carbonyl (C=O) groups is 3. The van der Waals surface area contributed by atoms with Crippen molar-refractivity contribution in [3.8, 4) is 0 Å². The fourth-order valence-electron chi connectivity index (χ4n) is 3.48. The van der Waals surface area contributed by atoms with Crippen molar-refractivity contribution in [1.82, 2.24) is 15.3 Å². The second kappa shape index (κ2) is 11.2. The summed E-state index contributed by atoms with van der Waals surface area (Å²) in [6.45, 7) is 5.79. The van der Waals surface area contributed by atoms with Gasteiger partial charge in [0.25, 0.3) is 5.91 Å². The number of carbonyl (C=O) groups excluding carboxylic acids is 3. The van der Waals surface area contributed by atoms with Gasteiger partial charge in [-0.1, -0.05) is 13.0 Å². The zero-order chi connectivity index (χ0) is 28.3. The molecular formula is C24H25F3N4O6S. The Labute approximate surface area is 218 Å². The summed E-state index contributed by atoms with van der Waals surface area (Å²) in [7, 11) is 0. The summed E-state index contributed by atoms with van der Waals surface area (Å²) in [4.78, 5) is 57.3. The molecule has 0 bridgehead atoms. The number of rotatable bonds is 7. The van der Waals surface area contributed by atoms with Gasteiger partial charge in [0.2, 0.25) is 5.43 Å². The highest BCUT2D eigenvalue weighted by Gasteiger charge is 2.35. The first-order valence-electron chi connectivity index (χ1n) is 11.3. The molecule has 0 aliphatic heterocycles. The lowest BCUT2D eigenvalue weighted by molar-refractivity contribution is -0.148. The molecule has 0 aliphatic carbocycles. The standard InChI is InChI=1S/C24H25F3N4O6S/c1-5-14(36-15(32)11-29-22(35)37-23(2,3)4)18-16(20(34)31-21-28-9-10-38-21)19(33)12-7-6-8-13(17(12)30-18)24(25,26)27/h6-10,14H,5,11H2,1-4H3,(H,29,35)(H,30,33)(H,28,31,34). The molecule has 1 aromatic carbocycles. The van der Waals surface area contributed by atoms with Crippen molar-refractivity contribution in [2.75, 3.05) is 11.9 Å². The topological polar surface area (TPSA) is 139 Å². The number of halogens is 3. The number of hydrogen-bond acceptors (Lipinski definition) is 8. The number of ether oxygens (including phenoxy) is 2. The van der Waals surface area contributed by atoms with Crippen molar-refractivity contribution >= 4 is 45.3 Å². The van der Waals surface area contributed by atoms with Crippen LogP contribution < -0.4 is 16.1 Å². The van der Waals surface area contributed by atoms with E-state index in [-0.39, 0.29) is 22.6 Å². The van der Waals surface area contributed by atoms with Crippen molar-refractivity contribution in [3.63, 3.8) is 0 Å². The fourth-order valence-corrected chi connectivity index (χ4v) is 4.01. The van der Waals surface area contributed by atoms with Crippen LogP contribution in [-0.2, 0) is 20.4 Å². The summed E-state index contributed by atoms with van der Waals surface area (Å²) >= 11 is 1.06. The quantitative estimate of drug-likeness (QED) is 0.357. The number of alkyl halides is 3. The maximum Gasteiger partial charge on any atom is 0.418 e. The van der Waals surface area contributed by atoms with Crippen molar-refractivity contribution < 1.29 is 37.0 Å². The molecule has 10 nitrogen and oxygen atoms in total. The third-order valence-corrected chi connectivity index (χ3v) is 5.68. The van der Waals surface area contributed by atoms with E-state index in [2.05, 4.69) is 20.6 Å². The Morgan fingerprint density at radius 3 is 2.47 bits per heavy atom. The first-order chi connectivity index (χ1) is 17.7. The Morgan fingerprint density at radius 2 is 1.89 bits per heavy atom.